The minimum absolute atomic E-state index is 0.0982. The fourth-order valence-corrected chi connectivity index (χ4v) is 2.77. The van der Waals surface area contributed by atoms with E-state index in [0.717, 1.165) is 16.5 Å². The van der Waals surface area contributed by atoms with Crippen LogP contribution in [0.3, 0.4) is 0 Å². The van der Waals surface area contributed by atoms with Crippen molar-refractivity contribution >= 4 is 28.4 Å². The summed E-state index contributed by atoms with van der Waals surface area (Å²) in [4.78, 5) is 15.9. The van der Waals surface area contributed by atoms with E-state index in [1.807, 2.05) is 35.0 Å². The molecule has 1 amide bonds. The van der Waals surface area contributed by atoms with E-state index in [0.29, 0.717) is 18.0 Å². The lowest BCUT2D eigenvalue weighted by Crippen LogP contribution is -2.29. The highest BCUT2D eigenvalue weighted by molar-refractivity contribution is 6.31. The molecule has 2 aromatic heterocycles. The third-order valence-electron chi connectivity index (χ3n) is 3.90. The van der Waals surface area contributed by atoms with Crippen LogP contribution in [0.1, 0.15) is 18.1 Å². The molecular weight excluding hydrogens is 326 g/mol. The molecule has 0 saturated carbocycles. The van der Waals surface area contributed by atoms with E-state index in [-0.39, 0.29) is 12.5 Å². The summed E-state index contributed by atoms with van der Waals surface area (Å²) in [6.07, 6.45) is 4.79. The molecule has 2 N–H and O–H groups in total. The molecule has 0 fully saturated rings. The van der Waals surface area contributed by atoms with Crippen LogP contribution < -0.4 is 5.32 Å². The zero-order valence-electron chi connectivity index (χ0n) is 13.0. The minimum Gasteiger partial charge on any atom is -0.387 e. The van der Waals surface area contributed by atoms with Gasteiger partial charge in [0, 0.05) is 54.0 Å². The molecule has 1 unspecified atom stereocenters. The predicted molar refractivity (Wildman–Crippen MR) is 93.8 cm³/mol. The molecule has 2 heterocycles. The number of nitrogens with one attached hydrogen (secondary N) is 1. The third kappa shape index (κ3) is 3.93. The number of amides is 1. The van der Waals surface area contributed by atoms with Gasteiger partial charge in [-0.25, -0.2) is 0 Å². The number of carbonyl (C=O) groups is 1. The van der Waals surface area contributed by atoms with Crippen LogP contribution in [0.2, 0.25) is 5.02 Å². The van der Waals surface area contributed by atoms with Gasteiger partial charge in [0.2, 0.25) is 5.91 Å². The Hall–Kier alpha value is -2.37. The van der Waals surface area contributed by atoms with Crippen molar-refractivity contribution in [3.05, 3.63) is 65.6 Å². The second-order valence-corrected chi connectivity index (χ2v) is 6.00. The average molecular weight is 344 g/mol. The van der Waals surface area contributed by atoms with Gasteiger partial charge in [-0.15, -0.1) is 0 Å². The van der Waals surface area contributed by atoms with Gasteiger partial charge in [0.05, 0.1) is 6.10 Å². The number of halogens is 1. The van der Waals surface area contributed by atoms with Crippen molar-refractivity contribution < 1.29 is 9.90 Å². The van der Waals surface area contributed by atoms with Gasteiger partial charge in [0.1, 0.15) is 0 Å². The second-order valence-electron chi connectivity index (χ2n) is 5.56. The van der Waals surface area contributed by atoms with E-state index in [1.165, 1.54) is 0 Å². The number of aliphatic hydroxyl groups is 1. The van der Waals surface area contributed by atoms with Crippen LogP contribution in [0.5, 0.6) is 0 Å². The molecule has 0 radical (unpaired) electrons. The van der Waals surface area contributed by atoms with Gasteiger partial charge < -0.3 is 15.0 Å². The number of carbonyl (C=O) groups excluding carboxylic acids is 1. The summed E-state index contributed by atoms with van der Waals surface area (Å²) < 4.78 is 2.02. The van der Waals surface area contributed by atoms with Crippen molar-refractivity contribution in [2.75, 3.05) is 6.54 Å². The molecule has 1 aromatic carbocycles. The summed E-state index contributed by atoms with van der Waals surface area (Å²) in [5, 5.41) is 14.5. The lowest BCUT2D eigenvalue weighted by Gasteiger charge is -2.12. The molecule has 0 aliphatic rings. The summed E-state index contributed by atoms with van der Waals surface area (Å²) >= 11 is 5.98. The maximum atomic E-state index is 12.0. The molecule has 0 bridgehead atoms. The lowest BCUT2D eigenvalue weighted by atomic mass is 10.1. The van der Waals surface area contributed by atoms with Crippen LogP contribution in [0.25, 0.3) is 10.9 Å². The smallest absolute Gasteiger partial charge is 0.221 e. The Morgan fingerprint density at radius 1 is 1.25 bits per heavy atom. The molecule has 1 atom stereocenters. The first-order valence-corrected chi connectivity index (χ1v) is 8.10. The van der Waals surface area contributed by atoms with E-state index >= 15 is 0 Å². The Kier molecular flexibility index (Phi) is 5.13. The monoisotopic (exact) mass is 343 g/mol. The van der Waals surface area contributed by atoms with Crippen LogP contribution in [0.15, 0.2) is 55.0 Å². The molecule has 24 heavy (non-hydrogen) atoms. The normalized spacial score (nSPS) is 12.2. The van der Waals surface area contributed by atoms with E-state index in [1.54, 1.807) is 24.5 Å². The number of aromatic nitrogens is 2. The van der Waals surface area contributed by atoms with Gasteiger partial charge in [-0.1, -0.05) is 11.6 Å². The highest BCUT2D eigenvalue weighted by Gasteiger charge is 2.10. The number of aliphatic hydroxyl groups excluding tert-OH is 1. The molecule has 0 saturated heterocycles. The number of fused-ring (bicyclic) bond motifs is 1. The maximum absolute atomic E-state index is 12.0. The van der Waals surface area contributed by atoms with Crippen LogP contribution in [0, 0.1) is 0 Å². The van der Waals surface area contributed by atoms with Crippen LogP contribution in [-0.4, -0.2) is 27.1 Å². The number of aryl methyl sites for hydroxylation is 1. The predicted octanol–water partition coefficient (Wildman–Crippen LogP) is 2.93. The SMILES string of the molecule is O=C(CCn1ccc2cc(Cl)ccc21)NCC(O)c1ccncc1. The largest absolute Gasteiger partial charge is 0.387 e. The van der Waals surface area contributed by atoms with E-state index < -0.39 is 6.10 Å². The quantitative estimate of drug-likeness (QED) is 0.723. The first-order chi connectivity index (χ1) is 11.6. The van der Waals surface area contributed by atoms with Gasteiger partial charge >= 0.3 is 0 Å². The maximum Gasteiger partial charge on any atom is 0.221 e. The van der Waals surface area contributed by atoms with Gasteiger partial charge in [-0.3, -0.25) is 9.78 Å². The van der Waals surface area contributed by atoms with Crippen molar-refractivity contribution in [3.63, 3.8) is 0 Å². The number of benzene rings is 1. The summed E-state index contributed by atoms with van der Waals surface area (Å²) in [5.74, 6) is -0.0982. The fraction of sp³-hybridized carbons (Fsp3) is 0.222. The van der Waals surface area contributed by atoms with Gasteiger partial charge in [-0.05, 0) is 42.0 Å². The number of hydrogen-bond donors (Lipinski definition) is 2. The van der Waals surface area contributed by atoms with Crippen LogP contribution >= 0.6 is 11.6 Å². The Balaban J connectivity index is 1.52. The van der Waals surface area contributed by atoms with E-state index in [9.17, 15) is 9.90 Å². The molecule has 0 aliphatic carbocycles. The Morgan fingerprint density at radius 3 is 2.83 bits per heavy atom. The first-order valence-electron chi connectivity index (χ1n) is 7.72. The number of pyridine rings is 1. The standard InChI is InChI=1S/C18H18ClN3O2/c19-15-1-2-16-14(11-15)5-9-22(16)10-6-18(24)21-12-17(23)13-3-7-20-8-4-13/h1-5,7-9,11,17,23H,6,10,12H2,(H,21,24). The van der Waals surface area contributed by atoms with Gasteiger partial charge in [0.25, 0.3) is 0 Å². The Labute approximate surface area is 144 Å². The summed E-state index contributed by atoms with van der Waals surface area (Å²) in [5.41, 5.74) is 1.78. The Bertz CT molecular complexity index is 833. The van der Waals surface area contributed by atoms with Gasteiger partial charge in [0.15, 0.2) is 0 Å². The second kappa shape index (κ2) is 7.47. The molecule has 0 aliphatic heterocycles. The van der Waals surface area contributed by atoms with E-state index in [4.69, 9.17) is 11.6 Å². The van der Waals surface area contributed by atoms with Crippen molar-refractivity contribution in [1.82, 2.24) is 14.9 Å². The summed E-state index contributed by atoms with van der Waals surface area (Å²) in [7, 11) is 0. The topological polar surface area (TPSA) is 67.2 Å². The highest BCUT2D eigenvalue weighted by atomic mass is 35.5. The molecule has 3 aromatic rings. The first kappa shape index (κ1) is 16.5. The molecule has 124 valence electrons. The molecule has 3 rings (SSSR count). The molecule has 5 nitrogen and oxygen atoms in total. The average Bonchev–Trinajstić information content (AvgIpc) is 3.00. The number of hydrogen-bond acceptors (Lipinski definition) is 3. The summed E-state index contributed by atoms with van der Waals surface area (Å²) in [6, 6.07) is 11.1. The molecular formula is C18H18ClN3O2. The molecule has 6 heteroatoms. The van der Waals surface area contributed by atoms with Crippen molar-refractivity contribution in [3.8, 4) is 0 Å². The van der Waals surface area contributed by atoms with Crippen molar-refractivity contribution in [1.29, 1.82) is 0 Å². The number of rotatable bonds is 6. The minimum atomic E-state index is -0.730. The van der Waals surface area contributed by atoms with Gasteiger partial charge in [-0.2, -0.15) is 0 Å². The molecule has 0 spiro atoms. The highest BCUT2D eigenvalue weighted by Crippen LogP contribution is 2.20. The number of nitrogens with zero attached hydrogens (tertiary/aromatic N) is 2. The van der Waals surface area contributed by atoms with E-state index in [2.05, 4.69) is 10.3 Å². The van der Waals surface area contributed by atoms with Crippen LogP contribution in [0.4, 0.5) is 0 Å². The lowest BCUT2D eigenvalue weighted by molar-refractivity contribution is -0.121. The van der Waals surface area contributed by atoms with Crippen molar-refractivity contribution in [2.24, 2.45) is 0 Å². The third-order valence-corrected chi connectivity index (χ3v) is 4.13. The van der Waals surface area contributed by atoms with Crippen LogP contribution in [-0.2, 0) is 11.3 Å². The Morgan fingerprint density at radius 2 is 2.04 bits per heavy atom. The fourth-order valence-electron chi connectivity index (χ4n) is 2.59. The zero-order chi connectivity index (χ0) is 16.9. The summed E-state index contributed by atoms with van der Waals surface area (Å²) in [6.45, 7) is 0.757. The van der Waals surface area contributed by atoms with Crippen molar-refractivity contribution in [2.45, 2.75) is 19.1 Å². The zero-order valence-corrected chi connectivity index (χ0v) is 13.8.